The number of carbonyl (C=O) groups excluding carboxylic acids is 1. The highest BCUT2D eigenvalue weighted by atomic mass is 16.6. The molecule has 5 heteroatoms. The van der Waals surface area contributed by atoms with Crippen molar-refractivity contribution in [3.63, 3.8) is 0 Å². The fraction of sp³-hybridized carbons (Fsp3) is 0. The SMILES string of the molecule is O=Cc1cc([N+](=O)[O-])c2ccccc2n1. The maximum atomic E-state index is 10.7. The van der Waals surface area contributed by atoms with Crippen molar-refractivity contribution in [2.75, 3.05) is 0 Å². The minimum atomic E-state index is -0.517. The molecule has 0 atom stereocenters. The van der Waals surface area contributed by atoms with Crippen molar-refractivity contribution < 1.29 is 9.72 Å². The molecule has 5 nitrogen and oxygen atoms in total. The predicted molar refractivity (Wildman–Crippen MR) is 53.8 cm³/mol. The van der Waals surface area contributed by atoms with Gasteiger partial charge >= 0.3 is 0 Å². The molecule has 2 rings (SSSR count). The number of carbonyl (C=O) groups is 1. The number of rotatable bonds is 2. The molecule has 1 aromatic heterocycles. The summed E-state index contributed by atoms with van der Waals surface area (Å²) in [5, 5.41) is 11.2. The van der Waals surface area contributed by atoms with Gasteiger partial charge in [0.2, 0.25) is 0 Å². The van der Waals surface area contributed by atoms with Crippen LogP contribution in [-0.2, 0) is 0 Å². The second-order valence-corrected chi connectivity index (χ2v) is 2.96. The van der Waals surface area contributed by atoms with Crippen LogP contribution in [0.1, 0.15) is 10.5 Å². The highest BCUT2D eigenvalue weighted by Gasteiger charge is 2.13. The molecule has 0 fully saturated rings. The van der Waals surface area contributed by atoms with Gasteiger partial charge in [-0.15, -0.1) is 0 Å². The number of aldehydes is 1. The van der Waals surface area contributed by atoms with Crippen LogP contribution in [-0.4, -0.2) is 16.2 Å². The summed E-state index contributed by atoms with van der Waals surface area (Å²) in [7, 11) is 0. The summed E-state index contributed by atoms with van der Waals surface area (Å²) >= 11 is 0. The number of pyridine rings is 1. The first-order chi connectivity index (χ1) is 7.22. The Morgan fingerprint density at radius 1 is 1.33 bits per heavy atom. The highest BCUT2D eigenvalue weighted by Crippen LogP contribution is 2.24. The lowest BCUT2D eigenvalue weighted by Gasteiger charge is -1.99. The van der Waals surface area contributed by atoms with Gasteiger partial charge in [-0.05, 0) is 12.1 Å². The molecule has 0 spiro atoms. The number of fused-ring (bicyclic) bond motifs is 1. The van der Waals surface area contributed by atoms with E-state index in [0.717, 1.165) is 0 Å². The van der Waals surface area contributed by atoms with Gasteiger partial charge in [-0.25, -0.2) is 4.98 Å². The maximum absolute atomic E-state index is 10.7. The minimum absolute atomic E-state index is 0.0698. The first-order valence-electron chi connectivity index (χ1n) is 4.22. The fourth-order valence-corrected chi connectivity index (χ4v) is 1.39. The molecule has 0 bridgehead atoms. The average molecular weight is 202 g/mol. The zero-order chi connectivity index (χ0) is 10.8. The second kappa shape index (κ2) is 3.45. The van der Waals surface area contributed by atoms with Crippen LogP contribution in [0.5, 0.6) is 0 Å². The normalized spacial score (nSPS) is 10.1. The molecule has 1 aromatic carbocycles. The van der Waals surface area contributed by atoms with E-state index in [-0.39, 0.29) is 11.4 Å². The lowest BCUT2D eigenvalue weighted by molar-refractivity contribution is -0.383. The smallest absolute Gasteiger partial charge is 0.281 e. The molecule has 74 valence electrons. The van der Waals surface area contributed by atoms with Crippen molar-refractivity contribution in [3.05, 3.63) is 46.1 Å². The van der Waals surface area contributed by atoms with Gasteiger partial charge in [0.05, 0.1) is 15.8 Å². The summed E-state index contributed by atoms with van der Waals surface area (Å²) in [5.41, 5.74) is 0.428. The maximum Gasteiger partial charge on any atom is 0.281 e. The number of hydrogen-bond donors (Lipinski definition) is 0. The Morgan fingerprint density at radius 2 is 2.07 bits per heavy atom. The van der Waals surface area contributed by atoms with Crippen LogP contribution in [0.25, 0.3) is 10.9 Å². The Bertz CT molecular complexity index is 551. The van der Waals surface area contributed by atoms with Crippen LogP contribution in [0.3, 0.4) is 0 Å². The van der Waals surface area contributed by atoms with E-state index in [0.29, 0.717) is 17.2 Å². The van der Waals surface area contributed by atoms with Crippen molar-refractivity contribution >= 4 is 22.9 Å². The summed E-state index contributed by atoms with van der Waals surface area (Å²) in [4.78, 5) is 24.7. The van der Waals surface area contributed by atoms with E-state index in [1.807, 2.05) is 0 Å². The fourth-order valence-electron chi connectivity index (χ4n) is 1.39. The zero-order valence-corrected chi connectivity index (χ0v) is 7.58. The van der Waals surface area contributed by atoms with E-state index < -0.39 is 4.92 Å². The van der Waals surface area contributed by atoms with Crippen LogP contribution in [0.4, 0.5) is 5.69 Å². The van der Waals surface area contributed by atoms with Crippen molar-refractivity contribution in [3.8, 4) is 0 Å². The van der Waals surface area contributed by atoms with E-state index >= 15 is 0 Å². The summed E-state index contributed by atoms with van der Waals surface area (Å²) in [6.45, 7) is 0. The second-order valence-electron chi connectivity index (χ2n) is 2.96. The number of benzene rings is 1. The molecular formula is C10H6N2O3. The summed E-state index contributed by atoms with van der Waals surface area (Å²) < 4.78 is 0. The average Bonchev–Trinajstić information content (AvgIpc) is 2.27. The van der Waals surface area contributed by atoms with Crippen molar-refractivity contribution in [2.24, 2.45) is 0 Å². The molecule has 15 heavy (non-hydrogen) atoms. The highest BCUT2D eigenvalue weighted by molar-refractivity contribution is 5.91. The predicted octanol–water partition coefficient (Wildman–Crippen LogP) is 1.96. The molecule has 0 unspecified atom stereocenters. The molecule has 0 aliphatic heterocycles. The van der Waals surface area contributed by atoms with Gasteiger partial charge in [0.1, 0.15) is 5.69 Å². The van der Waals surface area contributed by atoms with Crippen LogP contribution in [0.15, 0.2) is 30.3 Å². The van der Waals surface area contributed by atoms with Crippen molar-refractivity contribution in [1.82, 2.24) is 4.98 Å². The molecule has 1 heterocycles. The standard InChI is InChI=1S/C10H6N2O3/c13-6-7-5-10(12(14)15)8-3-1-2-4-9(8)11-7/h1-6H. The topological polar surface area (TPSA) is 73.1 Å². The summed E-state index contributed by atoms with van der Waals surface area (Å²) in [5.74, 6) is 0. The molecule has 0 saturated carbocycles. The van der Waals surface area contributed by atoms with Crippen LogP contribution in [0.2, 0.25) is 0 Å². The Hall–Kier alpha value is -2.30. The third kappa shape index (κ3) is 1.54. The lowest BCUT2D eigenvalue weighted by Crippen LogP contribution is -1.95. The molecule has 0 saturated heterocycles. The third-order valence-electron chi connectivity index (χ3n) is 2.03. The quantitative estimate of drug-likeness (QED) is 0.424. The number of nitrogens with zero attached hydrogens (tertiary/aromatic N) is 2. The summed E-state index contributed by atoms with van der Waals surface area (Å²) in [6.07, 6.45) is 0.499. The summed E-state index contributed by atoms with van der Waals surface area (Å²) in [6, 6.07) is 7.82. The molecule has 2 aromatic rings. The number of hydrogen-bond acceptors (Lipinski definition) is 4. The van der Waals surface area contributed by atoms with Gasteiger partial charge < -0.3 is 0 Å². The van der Waals surface area contributed by atoms with Gasteiger partial charge in [-0.1, -0.05) is 12.1 Å². The largest absolute Gasteiger partial charge is 0.296 e. The Balaban J connectivity index is 2.86. The molecule has 0 aliphatic rings. The first-order valence-corrected chi connectivity index (χ1v) is 4.22. The molecule has 0 aliphatic carbocycles. The molecule has 0 radical (unpaired) electrons. The van der Waals surface area contributed by atoms with E-state index in [2.05, 4.69) is 4.98 Å². The van der Waals surface area contributed by atoms with Crippen molar-refractivity contribution in [2.45, 2.75) is 0 Å². The first kappa shape index (κ1) is 9.26. The number of nitro groups is 1. The minimum Gasteiger partial charge on any atom is -0.296 e. The Kier molecular flexibility index (Phi) is 2.13. The Morgan fingerprint density at radius 3 is 2.73 bits per heavy atom. The van der Waals surface area contributed by atoms with E-state index in [1.165, 1.54) is 6.07 Å². The van der Waals surface area contributed by atoms with Gasteiger partial charge in [-0.3, -0.25) is 14.9 Å². The monoisotopic (exact) mass is 202 g/mol. The third-order valence-corrected chi connectivity index (χ3v) is 2.03. The number of para-hydroxylation sites is 1. The van der Waals surface area contributed by atoms with E-state index in [9.17, 15) is 14.9 Å². The zero-order valence-electron chi connectivity index (χ0n) is 7.58. The van der Waals surface area contributed by atoms with E-state index in [4.69, 9.17) is 0 Å². The van der Waals surface area contributed by atoms with Crippen LogP contribution >= 0.6 is 0 Å². The van der Waals surface area contributed by atoms with Gasteiger partial charge in [0.25, 0.3) is 5.69 Å². The van der Waals surface area contributed by atoms with Gasteiger partial charge in [0.15, 0.2) is 6.29 Å². The van der Waals surface area contributed by atoms with Crippen molar-refractivity contribution in [1.29, 1.82) is 0 Å². The van der Waals surface area contributed by atoms with Gasteiger partial charge in [0, 0.05) is 6.07 Å². The molecule has 0 N–H and O–H groups in total. The number of aromatic nitrogens is 1. The van der Waals surface area contributed by atoms with Gasteiger partial charge in [-0.2, -0.15) is 0 Å². The molecule has 0 amide bonds. The van der Waals surface area contributed by atoms with Crippen LogP contribution in [0, 0.1) is 10.1 Å². The Labute approximate surface area is 84.5 Å². The van der Waals surface area contributed by atoms with E-state index in [1.54, 1.807) is 24.3 Å². The molecular weight excluding hydrogens is 196 g/mol. The lowest BCUT2D eigenvalue weighted by atomic mass is 10.1. The van der Waals surface area contributed by atoms with Crippen LogP contribution < -0.4 is 0 Å².